The molecule has 2 nitrogen and oxygen atoms in total. The van der Waals surface area contributed by atoms with Gasteiger partial charge in [0.2, 0.25) is 0 Å². The molecular weight excluding hydrogens is 241 g/mol. The smallest absolute Gasteiger partial charge is 0.313 e. The number of hydrogen-bond donors (Lipinski definition) is 2. The number of hydrogen-bond acceptors (Lipinski definition) is 2. The van der Waals surface area contributed by atoms with E-state index in [4.69, 9.17) is 11.5 Å². The van der Waals surface area contributed by atoms with Crippen LogP contribution >= 0.6 is 0 Å². The summed E-state index contributed by atoms with van der Waals surface area (Å²) in [5.74, 6) is -0.280. The van der Waals surface area contributed by atoms with Gasteiger partial charge in [0.15, 0.2) is 0 Å². The predicted octanol–water partition coefficient (Wildman–Crippen LogP) is 3.30. The minimum Gasteiger partial charge on any atom is -0.313 e. The van der Waals surface area contributed by atoms with Crippen molar-refractivity contribution in [3.63, 3.8) is 0 Å². The van der Waals surface area contributed by atoms with Gasteiger partial charge < -0.3 is 11.5 Å². The first-order valence-corrected chi connectivity index (χ1v) is 6.91. The molecule has 0 saturated heterocycles. The Morgan fingerprint density at radius 2 is 1.33 bits per heavy atom. The molecule has 0 unspecified atom stereocenters. The monoisotopic (exact) mass is 264 g/mol. The van der Waals surface area contributed by atoms with E-state index in [1.165, 1.54) is 0 Å². The van der Waals surface area contributed by atoms with Crippen LogP contribution < -0.4 is 11.5 Å². The zero-order valence-corrected chi connectivity index (χ0v) is 10.7. The Bertz CT molecular complexity index is 283. The van der Waals surface area contributed by atoms with Gasteiger partial charge in [-0.2, -0.15) is 13.2 Å². The van der Waals surface area contributed by atoms with Crippen LogP contribution in [0.3, 0.4) is 0 Å². The van der Waals surface area contributed by atoms with E-state index in [-0.39, 0.29) is 5.92 Å². The topological polar surface area (TPSA) is 52.0 Å². The van der Waals surface area contributed by atoms with E-state index in [0.717, 1.165) is 6.42 Å². The van der Waals surface area contributed by atoms with Crippen LogP contribution in [-0.2, 0) is 0 Å². The van der Waals surface area contributed by atoms with Gasteiger partial charge >= 0.3 is 6.18 Å². The van der Waals surface area contributed by atoms with Gasteiger partial charge in [-0.25, -0.2) is 0 Å². The molecule has 0 radical (unpaired) electrons. The van der Waals surface area contributed by atoms with Gasteiger partial charge in [-0.05, 0) is 44.4 Å². The molecule has 0 amide bonds. The fourth-order valence-corrected chi connectivity index (χ4v) is 3.81. The summed E-state index contributed by atoms with van der Waals surface area (Å²) >= 11 is 0. The van der Waals surface area contributed by atoms with Gasteiger partial charge in [0.25, 0.3) is 0 Å². The standard InChI is InChI=1S/C13H23F3N2/c14-13(15,16)11(6-2-1-3-7-11)10-4-8-12(17,18)9-5-10/h10H,1-9,17-18H2. The molecule has 5 heteroatoms. The summed E-state index contributed by atoms with van der Waals surface area (Å²) in [5, 5.41) is 0. The highest BCUT2D eigenvalue weighted by Crippen LogP contribution is 2.57. The zero-order chi connectivity index (χ0) is 13.4. The summed E-state index contributed by atoms with van der Waals surface area (Å²) in [4.78, 5) is 0. The van der Waals surface area contributed by atoms with Crippen molar-refractivity contribution in [1.82, 2.24) is 0 Å². The minimum absolute atomic E-state index is 0.280. The largest absolute Gasteiger partial charge is 0.394 e. The molecule has 0 aromatic carbocycles. The molecule has 0 spiro atoms. The summed E-state index contributed by atoms with van der Waals surface area (Å²) in [6.07, 6.45) is 0.902. The van der Waals surface area contributed by atoms with Crippen molar-refractivity contribution >= 4 is 0 Å². The molecule has 2 saturated carbocycles. The van der Waals surface area contributed by atoms with Crippen molar-refractivity contribution in [2.45, 2.75) is 69.6 Å². The number of rotatable bonds is 1. The lowest BCUT2D eigenvalue weighted by Gasteiger charge is -2.48. The van der Waals surface area contributed by atoms with Crippen LogP contribution in [0, 0.1) is 11.3 Å². The molecule has 2 aliphatic rings. The number of alkyl halides is 3. The number of halogens is 3. The van der Waals surface area contributed by atoms with E-state index in [0.29, 0.717) is 51.4 Å². The van der Waals surface area contributed by atoms with Crippen LogP contribution in [-0.4, -0.2) is 11.8 Å². The molecule has 18 heavy (non-hydrogen) atoms. The molecular formula is C13H23F3N2. The summed E-state index contributed by atoms with van der Waals surface area (Å²) in [6, 6.07) is 0. The van der Waals surface area contributed by atoms with Gasteiger partial charge in [0.05, 0.1) is 11.1 Å². The highest BCUT2D eigenvalue weighted by atomic mass is 19.4. The lowest BCUT2D eigenvalue weighted by atomic mass is 9.60. The van der Waals surface area contributed by atoms with Crippen LogP contribution in [0.2, 0.25) is 0 Å². The maximum atomic E-state index is 13.5. The third-order valence-corrected chi connectivity index (χ3v) is 5.01. The molecule has 2 rings (SSSR count). The second kappa shape index (κ2) is 4.67. The third kappa shape index (κ3) is 2.52. The molecule has 0 aromatic rings. The molecule has 0 aromatic heterocycles. The first-order valence-electron chi connectivity index (χ1n) is 6.91. The Balaban J connectivity index is 2.15. The van der Waals surface area contributed by atoms with Crippen molar-refractivity contribution in [2.75, 3.05) is 0 Å². The van der Waals surface area contributed by atoms with E-state index in [1.807, 2.05) is 0 Å². The van der Waals surface area contributed by atoms with Gasteiger partial charge in [-0.15, -0.1) is 0 Å². The van der Waals surface area contributed by atoms with Crippen LogP contribution in [0.5, 0.6) is 0 Å². The Kier molecular flexibility index (Phi) is 3.67. The second-order valence-electron chi connectivity index (χ2n) is 6.22. The van der Waals surface area contributed by atoms with Gasteiger partial charge in [0, 0.05) is 0 Å². The van der Waals surface area contributed by atoms with Crippen LogP contribution in [0.25, 0.3) is 0 Å². The van der Waals surface area contributed by atoms with E-state index < -0.39 is 17.3 Å². The zero-order valence-electron chi connectivity index (χ0n) is 10.7. The van der Waals surface area contributed by atoms with Crippen molar-refractivity contribution in [3.8, 4) is 0 Å². The van der Waals surface area contributed by atoms with Crippen molar-refractivity contribution in [1.29, 1.82) is 0 Å². The Morgan fingerprint density at radius 3 is 1.78 bits per heavy atom. The second-order valence-corrected chi connectivity index (χ2v) is 6.22. The highest BCUT2D eigenvalue weighted by molar-refractivity contribution is 4.98. The van der Waals surface area contributed by atoms with Crippen molar-refractivity contribution < 1.29 is 13.2 Å². The fraction of sp³-hybridized carbons (Fsp3) is 1.00. The summed E-state index contributed by atoms with van der Waals surface area (Å²) in [7, 11) is 0. The quantitative estimate of drug-likeness (QED) is 0.714. The first kappa shape index (κ1) is 14.1. The molecule has 0 heterocycles. The molecule has 2 fully saturated rings. The summed E-state index contributed by atoms with van der Waals surface area (Å²) < 4.78 is 40.5. The Morgan fingerprint density at radius 1 is 0.833 bits per heavy atom. The van der Waals surface area contributed by atoms with E-state index >= 15 is 0 Å². The average molecular weight is 264 g/mol. The van der Waals surface area contributed by atoms with Gasteiger partial charge in [-0.1, -0.05) is 19.3 Å². The average Bonchev–Trinajstić information content (AvgIpc) is 2.28. The third-order valence-electron chi connectivity index (χ3n) is 5.01. The minimum atomic E-state index is -4.08. The molecule has 4 N–H and O–H groups in total. The van der Waals surface area contributed by atoms with Gasteiger partial charge in [0.1, 0.15) is 0 Å². The van der Waals surface area contributed by atoms with E-state index in [1.54, 1.807) is 0 Å². The predicted molar refractivity (Wildman–Crippen MR) is 64.6 cm³/mol. The van der Waals surface area contributed by atoms with Crippen LogP contribution in [0.15, 0.2) is 0 Å². The van der Waals surface area contributed by atoms with Crippen LogP contribution in [0.4, 0.5) is 13.2 Å². The SMILES string of the molecule is NC1(N)CCC(C2(C(F)(F)F)CCCCC2)CC1. The fourth-order valence-electron chi connectivity index (χ4n) is 3.81. The normalized spacial score (nSPS) is 29.2. The van der Waals surface area contributed by atoms with Crippen LogP contribution in [0.1, 0.15) is 57.8 Å². The molecule has 0 atom stereocenters. The highest BCUT2D eigenvalue weighted by Gasteiger charge is 2.59. The van der Waals surface area contributed by atoms with E-state index in [2.05, 4.69) is 0 Å². The maximum absolute atomic E-state index is 13.5. The Hall–Kier alpha value is -0.290. The van der Waals surface area contributed by atoms with Crippen molar-refractivity contribution in [3.05, 3.63) is 0 Å². The molecule has 106 valence electrons. The number of nitrogens with two attached hydrogens (primary N) is 2. The summed E-state index contributed by atoms with van der Waals surface area (Å²) in [5.41, 5.74) is 9.43. The first-order chi connectivity index (χ1) is 8.27. The lowest BCUT2D eigenvalue weighted by molar-refractivity contribution is -0.258. The van der Waals surface area contributed by atoms with Crippen molar-refractivity contribution in [2.24, 2.45) is 22.8 Å². The molecule has 2 aliphatic carbocycles. The Labute approximate surface area is 106 Å². The summed E-state index contributed by atoms with van der Waals surface area (Å²) in [6.45, 7) is 0. The lowest BCUT2D eigenvalue weighted by Crippen LogP contribution is -2.55. The van der Waals surface area contributed by atoms with E-state index in [9.17, 15) is 13.2 Å². The maximum Gasteiger partial charge on any atom is 0.394 e. The van der Waals surface area contributed by atoms with Gasteiger partial charge in [-0.3, -0.25) is 0 Å². The molecule has 0 bridgehead atoms. The molecule has 0 aliphatic heterocycles.